The summed E-state index contributed by atoms with van der Waals surface area (Å²) in [7, 11) is 0. The van der Waals surface area contributed by atoms with Crippen molar-refractivity contribution in [2.24, 2.45) is 5.73 Å². The van der Waals surface area contributed by atoms with Gasteiger partial charge in [-0.15, -0.1) is 0 Å². The monoisotopic (exact) mass is 375 g/mol. The van der Waals surface area contributed by atoms with Crippen molar-refractivity contribution in [2.45, 2.75) is 90.1 Å². The van der Waals surface area contributed by atoms with Crippen LogP contribution in [0.25, 0.3) is 0 Å². The zero-order valence-electron chi connectivity index (χ0n) is 17.3. The molecule has 0 aromatic heterocycles. The number of rotatable bonds is 17. The van der Waals surface area contributed by atoms with Crippen molar-refractivity contribution in [3.8, 4) is 0 Å². The number of carbonyl (C=O) groups is 1. The molecule has 0 heterocycles. The molecule has 27 heavy (non-hydrogen) atoms. The van der Waals surface area contributed by atoms with E-state index in [1.54, 1.807) is 0 Å². The molecule has 0 aliphatic rings. The van der Waals surface area contributed by atoms with Crippen molar-refractivity contribution in [3.05, 3.63) is 35.9 Å². The van der Waals surface area contributed by atoms with Gasteiger partial charge >= 0.3 is 0 Å². The number of nitrogens with one attached hydrogen (secondary N) is 2. The SMILES string of the molecule is CCCCCCCCCCNC(=O)[C@H](CCCCN)NCc1ccccc1. The van der Waals surface area contributed by atoms with Gasteiger partial charge in [0.2, 0.25) is 5.91 Å². The molecule has 4 nitrogen and oxygen atoms in total. The van der Waals surface area contributed by atoms with Crippen molar-refractivity contribution in [3.63, 3.8) is 0 Å². The lowest BCUT2D eigenvalue weighted by atomic mass is 10.1. The lowest BCUT2D eigenvalue weighted by molar-refractivity contribution is -0.123. The Kier molecular flexibility index (Phi) is 14.7. The first-order valence-electron chi connectivity index (χ1n) is 11.0. The molecule has 0 aliphatic heterocycles. The van der Waals surface area contributed by atoms with Crippen LogP contribution in [0.5, 0.6) is 0 Å². The van der Waals surface area contributed by atoms with Crippen LogP contribution in [0, 0.1) is 0 Å². The molecule has 4 N–H and O–H groups in total. The number of benzene rings is 1. The highest BCUT2D eigenvalue weighted by Gasteiger charge is 2.16. The van der Waals surface area contributed by atoms with Crippen LogP contribution < -0.4 is 16.4 Å². The van der Waals surface area contributed by atoms with Gasteiger partial charge in [0, 0.05) is 13.1 Å². The molecule has 1 aromatic carbocycles. The number of unbranched alkanes of at least 4 members (excludes halogenated alkanes) is 8. The first-order chi connectivity index (χ1) is 13.3. The molecule has 0 unspecified atom stereocenters. The molecule has 0 bridgehead atoms. The van der Waals surface area contributed by atoms with Crippen LogP contribution in [0.2, 0.25) is 0 Å². The summed E-state index contributed by atoms with van der Waals surface area (Å²) in [6.45, 7) is 4.44. The number of amides is 1. The topological polar surface area (TPSA) is 67.2 Å². The molecule has 0 saturated carbocycles. The molecule has 1 aromatic rings. The minimum Gasteiger partial charge on any atom is -0.355 e. The quantitative estimate of drug-likeness (QED) is 0.350. The zero-order valence-corrected chi connectivity index (χ0v) is 17.3. The van der Waals surface area contributed by atoms with Crippen molar-refractivity contribution in [1.29, 1.82) is 0 Å². The summed E-state index contributed by atoms with van der Waals surface area (Å²) in [5.41, 5.74) is 6.81. The van der Waals surface area contributed by atoms with Crippen LogP contribution in [-0.4, -0.2) is 25.0 Å². The molecule has 1 amide bonds. The molecular weight excluding hydrogens is 334 g/mol. The second-order valence-electron chi connectivity index (χ2n) is 7.47. The van der Waals surface area contributed by atoms with E-state index < -0.39 is 0 Å². The van der Waals surface area contributed by atoms with Gasteiger partial charge in [-0.1, -0.05) is 88.6 Å². The smallest absolute Gasteiger partial charge is 0.237 e. The van der Waals surface area contributed by atoms with Crippen molar-refractivity contribution >= 4 is 5.91 Å². The minimum absolute atomic E-state index is 0.130. The van der Waals surface area contributed by atoms with Gasteiger partial charge in [-0.05, 0) is 31.4 Å². The van der Waals surface area contributed by atoms with E-state index in [-0.39, 0.29) is 11.9 Å². The van der Waals surface area contributed by atoms with Crippen molar-refractivity contribution in [1.82, 2.24) is 10.6 Å². The molecule has 1 rings (SSSR count). The summed E-state index contributed by atoms with van der Waals surface area (Å²) in [6, 6.07) is 10.1. The van der Waals surface area contributed by atoms with E-state index in [4.69, 9.17) is 5.73 Å². The lowest BCUT2D eigenvalue weighted by Crippen LogP contribution is -2.44. The van der Waals surface area contributed by atoms with Crippen LogP contribution >= 0.6 is 0 Å². The van der Waals surface area contributed by atoms with Crippen LogP contribution in [0.4, 0.5) is 0 Å². The number of carbonyl (C=O) groups excluding carboxylic acids is 1. The molecule has 0 saturated heterocycles. The first-order valence-corrected chi connectivity index (χ1v) is 11.0. The highest BCUT2D eigenvalue weighted by atomic mass is 16.2. The summed E-state index contributed by atoms with van der Waals surface area (Å²) >= 11 is 0. The second-order valence-corrected chi connectivity index (χ2v) is 7.47. The van der Waals surface area contributed by atoms with Gasteiger partial charge in [0.15, 0.2) is 0 Å². The fourth-order valence-electron chi connectivity index (χ4n) is 3.25. The summed E-state index contributed by atoms with van der Waals surface area (Å²) in [5.74, 6) is 0.130. The van der Waals surface area contributed by atoms with E-state index in [2.05, 4.69) is 29.7 Å². The van der Waals surface area contributed by atoms with E-state index in [1.807, 2.05) is 18.2 Å². The fourth-order valence-corrected chi connectivity index (χ4v) is 3.25. The maximum atomic E-state index is 12.6. The van der Waals surface area contributed by atoms with Gasteiger partial charge in [0.05, 0.1) is 6.04 Å². The van der Waals surface area contributed by atoms with Crippen molar-refractivity contribution < 1.29 is 4.79 Å². The predicted octanol–water partition coefficient (Wildman–Crippen LogP) is 4.53. The average Bonchev–Trinajstić information content (AvgIpc) is 2.70. The van der Waals surface area contributed by atoms with Crippen molar-refractivity contribution in [2.75, 3.05) is 13.1 Å². The Morgan fingerprint density at radius 2 is 1.59 bits per heavy atom. The van der Waals surface area contributed by atoms with Crippen LogP contribution in [0.1, 0.15) is 83.1 Å². The van der Waals surface area contributed by atoms with E-state index in [0.717, 1.165) is 38.8 Å². The normalized spacial score (nSPS) is 12.1. The molecule has 1 atom stereocenters. The third-order valence-electron chi connectivity index (χ3n) is 4.99. The zero-order chi connectivity index (χ0) is 19.6. The van der Waals surface area contributed by atoms with Crippen LogP contribution in [-0.2, 0) is 11.3 Å². The van der Waals surface area contributed by atoms with Gasteiger partial charge in [-0.2, -0.15) is 0 Å². The summed E-state index contributed by atoms with van der Waals surface area (Å²) < 4.78 is 0. The molecule has 0 spiro atoms. The van der Waals surface area contributed by atoms with Gasteiger partial charge in [-0.3, -0.25) is 4.79 Å². The first kappa shape index (κ1) is 23.6. The van der Waals surface area contributed by atoms with E-state index in [9.17, 15) is 4.79 Å². The Labute approximate surface area is 166 Å². The third-order valence-corrected chi connectivity index (χ3v) is 4.99. The molecule has 4 heteroatoms. The van der Waals surface area contributed by atoms with Gasteiger partial charge in [0.25, 0.3) is 0 Å². The van der Waals surface area contributed by atoms with Gasteiger partial charge in [0.1, 0.15) is 0 Å². The lowest BCUT2D eigenvalue weighted by Gasteiger charge is -2.18. The summed E-state index contributed by atoms with van der Waals surface area (Å²) in [6.07, 6.45) is 13.1. The van der Waals surface area contributed by atoms with Gasteiger partial charge in [-0.25, -0.2) is 0 Å². The van der Waals surface area contributed by atoms with E-state index in [0.29, 0.717) is 6.54 Å². The molecular formula is C23H41N3O. The number of hydrogen-bond donors (Lipinski definition) is 3. The molecule has 0 radical (unpaired) electrons. The van der Waals surface area contributed by atoms with E-state index in [1.165, 1.54) is 50.5 Å². The molecule has 0 aliphatic carbocycles. The summed E-state index contributed by atoms with van der Waals surface area (Å²) in [4.78, 5) is 12.6. The third kappa shape index (κ3) is 12.6. The second kappa shape index (κ2) is 16.8. The Morgan fingerprint density at radius 3 is 2.26 bits per heavy atom. The Balaban J connectivity index is 2.22. The van der Waals surface area contributed by atoms with Crippen LogP contribution in [0.15, 0.2) is 30.3 Å². The summed E-state index contributed by atoms with van der Waals surface area (Å²) in [5, 5.41) is 6.55. The van der Waals surface area contributed by atoms with E-state index >= 15 is 0 Å². The predicted molar refractivity (Wildman–Crippen MR) is 116 cm³/mol. The maximum absolute atomic E-state index is 12.6. The standard InChI is InChI=1S/C23H41N3O/c1-2-3-4-5-6-7-8-14-19-25-23(27)22(17-12-13-18-24)26-20-21-15-10-9-11-16-21/h9-11,15-16,22,26H,2-8,12-14,17-20,24H2,1H3,(H,25,27)/t22-/m0/s1. The number of hydrogen-bond acceptors (Lipinski definition) is 3. The Hall–Kier alpha value is -1.39. The molecule has 154 valence electrons. The molecule has 0 fully saturated rings. The largest absolute Gasteiger partial charge is 0.355 e. The minimum atomic E-state index is -0.134. The fraction of sp³-hybridized carbons (Fsp3) is 0.696. The van der Waals surface area contributed by atoms with Gasteiger partial charge < -0.3 is 16.4 Å². The maximum Gasteiger partial charge on any atom is 0.237 e. The Bertz CT molecular complexity index is 464. The number of nitrogens with two attached hydrogens (primary N) is 1. The highest BCUT2D eigenvalue weighted by molar-refractivity contribution is 5.81. The van der Waals surface area contributed by atoms with Crippen LogP contribution in [0.3, 0.4) is 0 Å². The average molecular weight is 376 g/mol. The highest BCUT2D eigenvalue weighted by Crippen LogP contribution is 2.08. The Morgan fingerprint density at radius 1 is 0.926 bits per heavy atom.